The maximum atomic E-state index is 14.3. The van der Waals surface area contributed by atoms with Crippen LogP contribution in [0.1, 0.15) is 85.7 Å². The normalized spacial score (nSPS) is 27.2. The zero-order valence-corrected chi connectivity index (χ0v) is 20.5. The van der Waals surface area contributed by atoms with Gasteiger partial charge in [-0.25, -0.2) is 18.7 Å². The molecule has 0 spiro atoms. The maximum absolute atomic E-state index is 14.3. The number of rotatable bonds is 7. The highest BCUT2D eigenvalue weighted by Crippen LogP contribution is 2.48. The van der Waals surface area contributed by atoms with Crippen molar-refractivity contribution in [3.8, 4) is 0 Å². The van der Waals surface area contributed by atoms with Crippen LogP contribution in [-0.2, 0) is 33.0 Å². The average molecular weight is 499 g/mol. The fourth-order valence-corrected chi connectivity index (χ4v) is 6.65. The van der Waals surface area contributed by atoms with Gasteiger partial charge in [-0.1, -0.05) is 18.2 Å². The van der Waals surface area contributed by atoms with Gasteiger partial charge in [0.05, 0.1) is 36.9 Å². The number of carbonyl (C=O) groups excluding carboxylic acids is 1. The number of nitrogens with zero attached hydrogens (tertiary/aromatic N) is 2. The number of hydrogen-bond acceptors (Lipinski definition) is 6. The first-order valence-electron chi connectivity index (χ1n) is 13.0. The number of nitrogens with one attached hydrogen (secondary N) is 2. The summed E-state index contributed by atoms with van der Waals surface area (Å²) in [5.74, 6) is -1.63. The number of hydrogen-bond donors (Lipinski definition) is 2. The second-order valence-corrected chi connectivity index (χ2v) is 10.8. The Morgan fingerprint density at radius 3 is 2.67 bits per heavy atom. The van der Waals surface area contributed by atoms with Crippen molar-refractivity contribution in [3.63, 3.8) is 0 Å². The van der Waals surface area contributed by atoms with E-state index >= 15 is 0 Å². The van der Waals surface area contributed by atoms with Gasteiger partial charge in [0.25, 0.3) is 5.92 Å². The minimum Gasteiger partial charge on any atom is -0.363 e. The van der Waals surface area contributed by atoms with Crippen molar-refractivity contribution >= 4 is 11.7 Å². The van der Waals surface area contributed by atoms with Gasteiger partial charge in [-0.3, -0.25) is 4.79 Å². The molecule has 1 saturated heterocycles. The fourth-order valence-electron chi connectivity index (χ4n) is 6.65. The Balaban J connectivity index is 1.26. The third-order valence-corrected chi connectivity index (χ3v) is 8.41. The number of carbonyl (C=O) groups is 1. The molecule has 36 heavy (non-hydrogen) atoms. The predicted molar refractivity (Wildman–Crippen MR) is 129 cm³/mol. The molecule has 2 N–H and O–H groups in total. The molecule has 4 aliphatic rings. The van der Waals surface area contributed by atoms with E-state index in [0.717, 1.165) is 30.7 Å². The summed E-state index contributed by atoms with van der Waals surface area (Å²) in [6.45, 7) is 2.80. The molecule has 2 heterocycles. The fraction of sp³-hybridized carbons (Fsp3) is 0.593. The maximum Gasteiger partial charge on any atom is 0.273 e. The van der Waals surface area contributed by atoms with E-state index in [2.05, 4.69) is 20.6 Å². The van der Waals surface area contributed by atoms with Crippen LogP contribution in [0.25, 0.3) is 0 Å². The van der Waals surface area contributed by atoms with Gasteiger partial charge in [0, 0.05) is 17.5 Å². The van der Waals surface area contributed by atoms with E-state index in [4.69, 9.17) is 9.47 Å². The van der Waals surface area contributed by atoms with E-state index in [-0.39, 0.29) is 35.9 Å². The molecule has 0 radical (unpaired) electrons. The van der Waals surface area contributed by atoms with Crippen LogP contribution in [0.2, 0.25) is 0 Å². The van der Waals surface area contributed by atoms with Crippen LogP contribution in [0.3, 0.4) is 0 Å². The van der Waals surface area contributed by atoms with E-state index in [1.807, 2.05) is 13.0 Å². The number of benzene rings is 1. The monoisotopic (exact) mass is 498 g/mol. The number of alkyl halides is 2. The van der Waals surface area contributed by atoms with Crippen LogP contribution < -0.4 is 10.6 Å². The lowest BCUT2D eigenvalue weighted by atomic mass is 9.93. The second-order valence-electron chi connectivity index (χ2n) is 10.8. The van der Waals surface area contributed by atoms with Crippen LogP contribution in [0.4, 0.5) is 14.6 Å². The van der Waals surface area contributed by atoms with Gasteiger partial charge in [0.1, 0.15) is 12.1 Å². The molecule has 1 atom stereocenters. The standard InChI is InChI=1S/C27H32F2N4O3/c1-16(18-3-2-4-20-19(18)7-10-27(20,28)29)32-24-23(25-35-11-12-36-25)21(30-15-31-24)13-22(34)33-26-8-5-17(14-26)6-9-26/h2-4,15-17,25H,5-14H2,1H3,(H,33,34)(H,30,31,32)/t16-,17?,26?/m1/s1. The van der Waals surface area contributed by atoms with E-state index in [1.165, 1.54) is 25.2 Å². The van der Waals surface area contributed by atoms with Crippen molar-refractivity contribution in [3.05, 3.63) is 52.5 Å². The summed E-state index contributed by atoms with van der Waals surface area (Å²) in [4.78, 5) is 22.0. The van der Waals surface area contributed by atoms with Gasteiger partial charge in [0.15, 0.2) is 6.29 Å². The van der Waals surface area contributed by atoms with Gasteiger partial charge in [0.2, 0.25) is 5.91 Å². The lowest BCUT2D eigenvalue weighted by Crippen LogP contribution is -2.45. The van der Waals surface area contributed by atoms with Crippen molar-refractivity contribution in [2.45, 2.75) is 82.1 Å². The molecule has 3 fully saturated rings. The van der Waals surface area contributed by atoms with Gasteiger partial charge in [-0.05, 0) is 62.5 Å². The quantitative estimate of drug-likeness (QED) is 0.575. The first kappa shape index (κ1) is 23.7. The number of amides is 1. The molecule has 0 unspecified atom stereocenters. The Labute approximate surface area is 209 Å². The first-order chi connectivity index (χ1) is 17.3. The van der Waals surface area contributed by atoms with E-state index < -0.39 is 12.2 Å². The zero-order valence-electron chi connectivity index (χ0n) is 20.5. The summed E-state index contributed by atoms with van der Waals surface area (Å²) in [5.41, 5.74) is 2.70. The Morgan fingerprint density at radius 2 is 1.94 bits per heavy atom. The van der Waals surface area contributed by atoms with Crippen LogP contribution in [0, 0.1) is 5.92 Å². The molecule has 1 aliphatic heterocycles. The van der Waals surface area contributed by atoms with Gasteiger partial charge in [-0.2, -0.15) is 0 Å². The molecule has 2 aromatic rings. The number of ether oxygens (including phenoxy) is 2. The summed E-state index contributed by atoms with van der Waals surface area (Å²) in [7, 11) is 0. The smallest absolute Gasteiger partial charge is 0.273 e. The molecule has 2 bridgehead atoms. The lowest BCUT2D eigenvalue weighted by molar-refractivity contribution is -0.122. The lowest BCUT2D eigenvalue weighted by Gasteiger charge is -2.28. The van der Waals surface area contributed by atoms with Crippen LogP contribution in [0.15, 0.2) is 24.5 Å². The average Bonchev–Trinajstić information content (AvgIpc) is 3.64. The highest BCUT2D eigenvalue weighted by molar-refractivity contribution is 5.80. The zero-order chi connectivity index (χ0) is 24.9. The molecular formula is C27H32F2N4O3. The third-order valence-electron chi connectivity index (χ3n) is 8.41. The summed E-state index contributed by atoms with van der Waals surface area (Å²) in [6, 6.07) is 4.79. The summed E-state index contributed by atoms with van der Waals surface area (Å²) in [6.07, 6.45) is 6.53. The van der Waals surface area contributed by atoms with Crippen LogP contribution in [-0.4, -0.2) is 34.6 Å². The first-order valence-corrected chi connectivity index (χ1v) is 13.0. The van der Waals surface area contributed by atoms with E-state index in [1.54, 1.807) is 6.07 Å². The van der Waals surface area contributed by atoms with Crippen molar-refractivity contribution < 1.29 is 23.0 Å². The highest BCUT2D eigenvalue weighted by Gasteiger charge is 2.46. The Kier molecular flexibility index (Phi) is 5.95. The molecular weight excluding hydrogens is 466 g/mol. The number of fused-ring (bicyclic) bond motifs is 3. The summed E-state index contributed by atoms with van der Waals surface area (Å²) >= 11 is 0. The predicted octanol–water partition coefficient (Wildman–Crippen LogP) is 4.72. The minimum absolute atomic E-state index is 0.0578. The molecule has 1 aromatic heterocycles. The van der Waals surface area contributed by atoms with E-state index in [9.17, 15) is 13.6 Å². The molecule has 2 saturated carbocycles. The molecule has 6 rings (SSSR count). The third kappa shape index (κ3) is 4.26. The van der Waals surface area contributed by atoms with Gasteiger partial charge in [-0.15, -0.1) is 0 Å². The second kappa shape index (κ2) is 9.03. The number of aromatic nitrogens is 2. The minimum atomic E-state index is -2.80. The largest absolute Gasteiger partial charge is 0.363 e. The summed E-state index contributed by atoms with van der Waals surface area (Å²) < 4.78 is 40.3. The molecule has 7 nitrogen and oxygen atoms in total. The van der Waals surface area contributed by atoms with E-state index in [0.29, 0.717) is 42.3 Å². The number of halogens is 2. The summed E-state index contributed by atoms with van der Waals surface area (Å²) in [5, 5.41) is 6.68. The topological polar surface area (TPSA) is 85.4 Å². The Morgan fingerprint density at radius 1 is 1.17 bits per heavy atom. The van der Waals surface area contributed by atoms with Crippen molar-refractivity contribution in [1.29, 1.82) is 0 Å². The van der Waals surface area contributed by atoms with Crippen molar-refractivity contribution in [2.75, 3.05) is 18.5 Å². The van der Waals surface area contributed by atoms with Gasteiger partial charge < -0.3 is 20.1 Å². The van der Waals surface area contributed by atoms with Crippen LogP contribution in [0.5, 0.6) is 0 Å². The van der Waals surface area contributed by atoms with Crippen LogP contribution >= 0.6 is 0 Å². The Hall–Kier alpha value is -2.65. The Bertz CT molecular complexity index is 1160. The SMILES string of the molecule is C[C@@H](Nc1ncnc(CC(=O)NC23CCC(CC2)C3)c1C1OCCO1)c1cccc2c1CCC2(F)F. The molecule has 192 valence electrons. The molecule has 3 aliphatic carbocycles. The molecule has 9 heteroatoms. The molecule has 1 amide bonds. The van der Waals surface area contributed by atoms with Gasteiger partial charge >= 0.3 is 0 Å². The number of anilines is 1. The van der Waals surface area contributed by atoms with Crippen molar-refractivity contribution in [2.24, 2.45) is 5.92 Å². The molecule has 1 aromatic carbocycles. The van der Waals surface area contributed by atoms with Crippen molar-refractivity contribution in [1.82, 2.24) is 15.3 Å². The highest BCUT2D eigenvalue weighted by atomic mass is 19.3.